The van der Waals surface area contributed by atoms with Crippen LogP contribution >= 0.6 is 11.3 Å². The maximum absolute atomic E-state index is 12.6. The Morgan fingerprint density at radius 2 is 1.86 bits per heavy atom. The van der Waals surface area contributed by atoms with Crippen molar-refractivity contribution in [2.24, 2.45) is 0 Å². The average molecular weight is 412 g/mol. The number of furan rings is 1. The average Bonchev–Trinajstić information content (AvgIpc) is 3.33. The van der Waals surface area contributed by atoms with Crippen LogP contribution in [0.1, 0.15) is 39.4 Å². The smallest absolute Gasteiger partial charge is 0.292 e. The van der Waals surface area contributed by atoms with Crippen molar-refractivity contribution >= 4 is 32.1 Å². The summed E-state index contributed by atoms with van der Waals surface area (Å²) in [5.74, 6) is -0.700. The molecule has 1 aliphatic rings. The molecule has 0 saturated heterocycles. The van der Waals surface area contributed by atoms with Gasteiger partial charge in [0.25, 0.3) is 5.91 Å². The second-order valence-corrected chi connectivity index (χ2v) is 9.40. The highest BCUT2D eigenvalue weighted by atomic mass is 32.2. The number of thiophene rings is 1. The van der Waals surface area contributed by atoms with Gasteiger partial charge in [0.05, 0.1) is 10.5 Å². The molecule has 0 unspecified atom stereocenters. The van der Waals surface area contributed by atoms with E-state index in [4.69, 9.17) is 4.42 Å². The molecule has 2 aromatic heterocycles. The van der Waals surface area contributed by atoms with E-state index in [1.54, 1.807) is 18.2 Å². The monoisotopic (exact) mass is 412 g/mol. The molecule has 1 amide bonds. The van der Waals surface area contributed by atoms with Gasteiger partial charge < -0.3 is 9.73 Å². The first-order valence-electron chi connectivity index (χ1n) is 8.76. The van der Waals surface area contributed by atoms with E-state index in [0.29, 0.717) is 10.6 Å². The van der Waals surface area contributed by atoms with E-state index in [0.717, 1.165) is 36.1 Å². The Hall–Kier alpha value is -2.89. The molecule has 0 fully saturated rings. The van der Waals surface area contributed by atoms with E-state index >= 15 is 0 Å². The van der Waals surface area contributed by atoms with E-state index in [1.807, 2.05) is 0 Å². The van der Waals surface area contributed by atoms with Crippen molar-refractivity contribution in [2.75, 3.05) is 5.32 Å². The lowest BCUT2D eigenvalue weighted by Gasteiger charge is -2.09. The summed E-state index contributed by atoms with van der Waals surface area (Å²) in [6.45, 7) is 0. The molecule has 2 heterocycles. The van der Waals surface area contributed by atoms with Gasteiger partial charge in [0, 0.05) is 4.88 Å². The van der Waals surface area contributed by atoms with Crippen molar-refractivity contribution in [1.82, 2.24) is 0 Å². The zero-order valence-electron chi connectivity index (χ0n) is 14.8. The van der Waals surface area contributed by atoms with E-state index in [2.05, 4.69) is 11.4 Å². The molecule has 1 aromatic carbocycles. The minimum Gasteiger partial charge on any atom is -0.439 e. The highest BCUT2D eigenvalue weighted by Crippen LogP contribution is 2.38. The van der Waals surface area contributed by atoms with Gasteiger partial charge in [-0.15, -0.1) is 11.3 Å². The molecule has 8 heteroatoms. The van der Waals surface area contributed by atoms with Crippen LogP contribution in [0.25, 0.3) is 0 Å². The van der Waals surface area contributed by atoms with Gasteiger partial charge >= 0.3 is 0 Å². The number of carbonyl (C=O) groups is 1. The number of anilines is 1. The molecule has 1 N–H and O–H groups in total. The number of hydrogen-bond acceptors (Lipinski definition) is 6. The maximum atomic E-state index is 12.6. The molecule has 0 bridgehead atoms. The van der Waals surface area contributed by atoms with Crippen LogP contribution < -0.4 is 5.32 Å². The van der Waals surface area contributed by atoms with Gasteiger partial charge in [0.2, 0.25) is 14.9 Å². The van der Waals surface area contributed by atoms with Crippen molar-refractivity contribution in [3.8, 4) is 6.07 Å². The summed E-state index contributed by atoms with van der Waals surface area (Å²) in [4.78, 5) is 13.8. The summed E-state index contributed by atoms with van der Waals surface area (Å²) in [7, 11) is -3.84. The number of amides is 1. The van der Waals surface area contributed by atoms with E-state index in [-0.39, 0.29) is 15.7 Å². The molecule has 4 rings (SSSR count). The zero-order chi connectivity index (χ0) is 19.7. The predicted molar refractivity (Wildman–Crippen MR) is 104 cm³/mol. The Morgan fingerprint density at radius 1 is 1.11 bits per heavy atom. The maximum Gasteiger partial charge on any atom is 0.292 e. The van der Waals surface area contributed by atoms with Crippen LogP contribution in [0.5, 0.6) is 0 Å². The molecule has 0 spiro atoms. The third-order valence-corrected chi connectivity index (χ3v) is 7.48. The number of carbonyl (C=O) groups excluding carboxylic acids is 1. The van der Waals surface area contributed by atoms with Crippen LogP contribution in [-0.2, 0) is 22.7 Å². The van der Waals surface area contributed by atoms with E-state index in [1.165, 1.54) is 35.6 Å². The highest BCUT2D eigenvalue weighted by Gasteiger charge is 2.25. The lowest BCUT2D eigenvalue weighted by Crippen LogP contribution is -2.11. The number of nitrogens with zero attached hydrogens (tertiary/aromatic N) is 1. The summed E-state index contributed by atoms with van der Waals surface area (Å²) < 4.78 is 30.5. The first kappa shape index (κ1) is 18.5. The lowest BCUT2D eigenvalue weighted by molar-refractivity contribution is 0.0992. The topological polar surface area (TPSA) is 100 Å². The number of nitriles is 1. The molecule has 0 aliphatic heterocycles. The molecule has 0 saturated carbocycles. The van der Waals surface area contributed by atoms with Crippen molar-refractivity contribution in [3.05, 3.63) is 64.2 Å². The molecular weight excluding hydrogens is 396 g/mol. The largest absolute Gasteiger partial charge is 0.439 e. The Balaban J connectivity index is 1.60. The van der Waals surface area contributed by atoms with Crippen LogP contribution in [-0.4, -0.2) is 14.3 Å². The SMILES string of the molecule is N#Cc1c(NC(=O)c2ccc(S(=O)(=O)c3ccccc3)o2)sc2c1CCCC2. The number of sulfone groups is 1. The molecule has 142 valence electrons. The Morgan fingerprint density at radius 3 is 2.61 bits per heavy atom. The van der Waals surface area contributed by atoms with Gasteiger partial charge in [-0.05, 0) is 55.5 Å². The number of nitrogens with one attached hydrogen (secondary N) is 1. The van der Waals surface area contributed by atoms with Crippen molar-refractivity contribution in [2.45, 2.75) is 35.7 Å². The van der Waals surface area contributed by atoms with Gasteiger partial charge in [-0.1, -0.05) is 18.2 Å². The Kier molecular flexibility index (Phi) is 4.79. The molecule has 0 atom stereocenters. The molecule has 3 aromatic rings. The molecule has 1 aliphatic carbocycles. The van der Waals surface area contributed by atoms with Gasteiger partial charge in [-0.25, -0.2) is 8.42 Å². The lowest BCUT2D eigenvalue weighted by atomic mass is 9.96. The zero-order valence-corrected chi connectivity index (χ0v) is 16.4. The molecule has 6 nitrogen and oxygen atoms in total. The first-order valence-corrected chi connectivity index (χ1v) is 11.1. The number of hydrogen-bond donors (Lipinski definition) is 1. The predicted octanol–water partition coefficient (Wildman–Crippen LogP) is 4.18. The third-order valence-electron chi connectivity index (χ3n) is 4.63. The van der Waals surface area contributed by atoms with Crippen LogP contribution in [0, 0.1) is 11.3 Å². The van der Waals surface area contributed by atoms with Gasteiger partial charge in [-0.2, -0.15) is 5.26 Å². The number of aryl methyl sites for hydroxylation is 1. The summed E-state index contributed by atoms with van der Waals surface area (Å²) in [6, 6.07) is 12.6. The molecule has 0 radical (unpaired) electrons. The highest BCUT2D eigenvalue weighted by molar-refractivity contribution is 7.91. The fourth-order valence-corrected chi connectivity index (χ4v) is 5.67. The van der Waals surface area contributed by atoms with Crippen LogP contribution in [0.4, 0.5) is 5.00 Å². The molecular formula is C20H16N2O4S2. The summed E-state index contributed by atoms with van der Waals surface area (Å²) in [5, 5.41) is 12.4. The van der Waals surface area contributed by atoms with Crippen molar-refractivity contribution in [3.63, 3.8) is 0 Å². The fraction of sp³-hybridized carbons (Fsp3) is 0.200. The second kappa shape index (κ2) is 7.26. The second-order valence-electron chi connectivity index (χ2n) is 6.42. The summed E-state index contributed by atoms with van der Waals surface area (Å²) in [5.41, 5.74) is 1.51. The van der Waals surface area contributed by atoms with Gasteiger partial charge in [0.1, 0.15) is 11.1 Å². The third kappa shape index (κ3) is 3.23. The molecule has 28 heavy (non-hydrogen) atoms. The van der Waals surface area contributed by atoms with Gasteiger partial charge in [0.15, 0.2) is 5.76 Å². The minimum absolute atomic E-state index is 0.0917. The van der Waals surface area contributed by atoms with Crippen LogP contribution in [0.2, 0.25) is 0 Å². The van der Waals surface area contributed by atoms with E-state index in [9.17, 15) is 18.5 Å². The quantitative estimate of drug-likeness (QED) is 0.693. The summed E-state index contributed by atoms with van der Waals surface area (Å²) in [6.07, 6.45) is 3.85. The van der Waals surface area contributed by atoms with Crippen molar-refractivity contribution in [1.29, 1.82) is 5.26 Å². The summed E-state index contributed by atoms with van der Waals surface area (Å²) >= 11 is 1.40. The first-order chi connectivity index (χ1) is 13.5. The van der Waals surface area contributed by atoms with Crippen LogP contribution in [0.15, 0.2) is 56.9 Å². The fourth-order valence-electron chi connectivity index (χ4n) is 3.24. The Labute approximate surface area is 166 Å². The van der Waals surface area contributed by atoms with Crippen LogP contribution in [0.3, 0.4) is 0 Å². The number of rotatable bonds is 4. The Bertz CT molecular complexity index is 1180. The normalized spacial score (nSPS) is 13.5. The minimum atomic E-state index is -3.84. The standard InChI is InChI=1S/C20H16N2O4S2/c21-12-15-14-8-4-5-9-17(14)27-20(15)22-19(23)16-10-11-18(26-16)28(24,25)13-6-2-1-3-7-13/h1-3,6-7,10-11H,4-5,8-9H2,(H,22,23). The van der Waals surface area contributed by atoms with Crippen molar-refractivity contribution < 1.29 is 17.6 Å². The number of fused-ring (bicyclic) bond motifs is 1. The van der Waals surface area contributed by atoms with E-state index < -0.39 is 15.7 Å². The van der Waals surface area contributed by atoms with Gasteiger partial charge in [-0.3, -0.25) is 4.79 Å². The number of benzene rings is 1.